The maximum Gasteiger partial charge on any atom is 0.253 e. The molecular weight excluding hydrogens is 348 g/mol. The Balaban J connectivity index is 1.40. The summed E-state index contributed by atoms with van der Waals surface area (Å²) in [5.74, 6) is 0.298. The summed E-state index contributed by atoms with van der Waals surface area (Å²) < 4.78 is 0. The summed E-state index contributed by atoms with van der Waals surface area (Å²) in [6.45, 7) is 6.61. The third-order valence-corrected chi connectivity index (χ3v) is 6.19. The highest BCUT2D eigenvalue weighted by Gasteiger charge is 2.53. The van der Waals surface area contributed by atoms with Gasteiger partial charge in [0.25, 0.3) is 5.91 Å². The lowest BCUT2D eigenvalue weighted by molar-refractivity contribution is -0.135. The molecule has 0 unspecified atom stereocenters. The van der Waals surface area contributed by atoms with E-state index in [4.69, 9.17) is 0 Å². The molecule has 2 fully saturated rings. The lowest BCUT2D eigenvalue weighted by atomic mass is 9.92. The fourth-order valence-corrected chi connectivity index (χ4v) is 4.17. The van der Waals surface area contributed by atoms with Gasteiger partial charge in [0.2, 0.25) is 5.91 Å². The van der Waals surface area contributed by atoms with Gasteiger partial charge in [0.15, 0.2) is 0 Å². The van der Waals surface area contributed by atoms with E-state index in [-0.39, 0.29) is 17.2 Å². The van der Waals surface area contributed by atoms with E-state index in [0.717, 1.165) is 30.4 Å². The first-order valence-corrected chi connectivity index (χ1v) is 10.3. The van der Waals surface area contributed by atoms with Crippen LogP contribution in [0.3, 0.4) is 0 Å². The zero-order valence-electron chi connectivity index (χ0n) is 16.8. The number of benzene rings is 2. The maximum atomic E-state index is 13.2. The number of hydrogen-bond donors (Lipinski definition) is 0. The minimum Gasteiger partial charge on any atom is -0.338 e. The predicted molar refractivity (Wildman–Crippen MR) is 110 cm³/mol. The number of amides is 2. The highest BCUT2D eigenvalue weighted by molar-refractivity contribution is 5.95. The number of hydrogen-bond acceptors (Lipinski definition) is 2. The third-order valence-electron chi connectivity index (χ3n) is 6.19. The molecule has 2 amide bonds. The lowest BCUT2D eigenvalue weighted by Gasteiger charge is -2.36. The number of nitrogens with zero attached hydrogens (tertiary/aromatic N) is 2. The topological polar surface area (TPSA) is 40.6 Å². The van der Waals surface area contributed by atoms with E-state index < -0.39 is 0 Å². The van der Waals surface area contributed by atoms with Crippen molar-refractivity contribution in [2.24, 2.45) is 0 Å². The van der Waals surface area contributed by atoms with Crippen molar-refractivity contribution >= 4 is 11.8 Å². The molecule has 0 spiro atoms. The van der Waals surface area contributed by atoms with Crippen molar-refractivity contribution in [2.45, 2.75) is 38.5 Å². The van der Waals surface area contributed by atoms with Crippen molar-refractivity contribution < 1.29 is 9.59 Å². The van der Waals surface area contributed by atoms with Crippen LogP contribution in [0.2, 0.25) is 0 Å². The van der Waals surface area contributed by atoms with Crippen molar-refractivity contribution in [1.82, 2.24) is 9.80 Å². The fourth-order valence-electron chi connectivity index (χ4n) is 4.17. The predicted octanol–water partition coefficient (Wildman–Crippen LogP) is 3.57. The molecule has 1 saturated carbocycles. The molecule has 0 aromatic heterocycles. The first kappa shape index (κ1) is 18.7. The smallest absolute Gasteiger partial charge is 0.253 e. The van der Waals surface area contributed by atoms with Crippen LogP contribution in [0.4, 0.5) is 0 Å². The van der Waals surface area contributed by atoms with Crippen molar-refractivity contribution in [3.05, 3.63) is 70.8 Å². The molecule has 146 valence electrons. The zero-order chi connectivity index (χ0) is 19.7. The molecular formula is C24H28N2O2. The second-order valence-corrected chi connectivity index (χ2v) is 8.09. The molecule has 1 aliphatic carbocycles. The first-order chi connectivity index (χ1) is 13.5. The van der Waals surface area contributed by atoms with E-state index in [1.165, 1.54) is 11.1 Å². The molecule has 4 heteroatoms. The third kappa shape index (κ3) is 3.44. The summed E-state index contributed by atoms with van der Waals surface area (Å²) in [4.78, 5) is 29.8. The molecule has 4 rings (SSSR count). The van der Waals surface area contributed by atoms with Gasteiger partial charge in [-0.25, -0.2) is 0 Å². The van der Waals surface area contributed by atoms with Gasteiger partial charge in [0.05, 0.1) is 5.41 Å². The van der Waals surface area contributed by atoms with Crippen LogP contribution in [0.1, 0.15) is 46.8 Å². The minimum atomic E-state index is -0.325. The van der Waals surface area contributed by atoms with Crippen LogP contribution in [0.15, 0.2) is 48.5 Å². The van der Waals surface area contributed by atoms with Crippen molar-refractivity contribution in [1.29, 1.82) is 0 Å². The van der Waals surface area contributed by atoms with Gasteiger partial charge >= 0.3 is 0 Å². The van der Waals surface area contributed by atoms with Crippen molar-refractivity contribution in [3.8, 4) is 0 Å². The Morgan fingerprint density at radius 3 is 2.14 bits per heavy atom. The highest BCUT2D eigenvalue weighted by Crippen LogP contribution is 2.49. The van der Waals surface area contributed by atoms with Crippen LogP contribution in [-0.4, -0.2) is 47.8 Å². The van der Waals surface area contributed by atoms with E-state index in [1.807, 2.05) is 40.1 Å². The Labute approximate surface area is 167 Å². The van der Waals surface area contributed by atoms with Crippen LogP contribution in [0.5, 0.6) is 0 Å². The van der Waals surface area contributed by atoms with Gasteiger partial charge in [-0.3, -0.25) is 9.59 Å². The molecule has 1 aliphatic heterocycles. The Morgan fingerprint density at radius 2 is 1.57 bits per heavy atom. The molecule has 2 aliphatic rings. The molecule has 1 heterocycles. The monoisotopic (exact) mass is 376 g/mol. The largest absolute Gasteiger partial charge is 0.338 e. The van der Waals surface area contributed by atoms with Gasteiger partial charge in [-0.15, -0.1) is 0 Å². The molecule has 0 atom stereocenters. The van der Waals surface area contributed by atoms with E-state index in [1.54, 1.807) is 0 Å². The van der Waals surface area contributed by atoms with E-state index in [0.29, 0.717) is 26.2 Å². The van der Waals surface area contributed by atoms with Gasteiger partial charge in [-0.05, 0) is 49.4 Å². The molecule has 28 heavy (non-hydrogen) atoms. The molecule has 0 bridgehead atoms. The normalized spacial score (nSPS) is 18.1. The zero-order valence-corrected chi connectivity index (χ0v) is 16.8. The second kappa shape index (κ2) is 7.42. The molecule has 0 N–H and O–H groups in total. The van der Waals surface area contributed by atoms with Crippen LogP contribution in [-0.2, 0) is 16.6 Å². The van der Waals surface area contributed by atoms with Crippen LogP contribution >= 0.6 is 0 Å². The van der Waals surface area contributed by atoms with Gasteiger partial charge in [-0.2, -0.15) is 0 Å². The average Bonchev–Trinajstić information content (AvgIpc) is 3.55. The molecule has 0 radical (unpaired) electrons. The lowest BCUT2D eigenvalue weighted by Crippen LogP contribution is -2.53. The molecule has 2 aromatic carbocycles. The Bertz CT molecular complexity index is 876. The van der Waals surface area contributed by atoms with Crippen molar-refractivity contribution in [2.75, 3.05) is 26.2 Å². The van der Waals surface area contributed by atoms with Gasteiger partial charge in [-0.1, -0.05) is 48.9 Å². The summed E-state index contributed by atoms with van der Waals surface area (Å²) in [5, 5.41) is 0. The number of piperazine rings is 1. The Kier molecular flexibility index (Phi) is 4.96. The van der Waals surface area contributed by atoms with E-state index in [9.17, 15) is 9.59 Å². The fraction of sp³-hybridized carbons (Fsp3) is 0.417. The number of aryl methyl sites for hydroxylation is 2. The second-order valence-electron chi connectivity index (χ2n) is 8.09. The van der Waals surface area contributed by atoms with Gasteiger partial charge < -0.3 is 9.80 Å². The number of rotatable bonds is 4. The standard InChI is InChI=1S/C24H28N2O2/c1-3-19-7-9-20(10-8-19)22(27)25-13-15-26(16-14-25)23(28)24(11-12-24)21-6-4-5-18(2)17-21/h4-10,17H,3,11-16H2,1-2H3. The number of carbonyl (C=O) groups is 2. The van der Waals surface area contributed by atoms with Crippen LogP contribution < -0.4 is 0 Å². The quantitative estimate of drug-likeness (QED) is 0.818. The van der Waals surface area contributed by atoms with Gasteiger partial charge in [0.1, 0.15) is 0 Å². The Morgan fingerprint density at radius 1 is 0.929 bits per heavy atom. The molecule has 4 nitrogen and oxygen atoms in total. The average molecular weight is 377 g/mol. The summed E-state index contributed by atoms with van der Waals surface area (Å²) in [5.41, 5.74) is 3.98. The summed E-state index contributed by atoms with van der Waals surface area (Å²) in [7, 11) is 0. The Hall–Kier alpha value is -2.62. The first-order valence-electron chi connectivity index (χ1n) is 10.3. The number of carbonyl (C=O) groups excluding carboxylic acids is 2. The maximum absolute atomic E-state index is 13.2. The van der Waals surface area contributed by atoms with Crippen molar-refractivity contribution in [3.63, 3.8) is 0 Å². The molecule has 2 aromatic rings. The minimum absolute atomic E-state index is 0.0644. The molecule has 1 saturated heterocycles. The van der Waals surface area contributed by atoms with Gasteiger partial charge in [0, 0.05) is 31.7 Å². The SMILES string of the molecule is CCc1ccc(C(=O)N2CCN(C(=O)C3(c4cccc(C)c4)CC3)CC2)cc1. The highest BCUT2D eigenvalue weighted by atomic mass is 16.2. The van der Waals surface area contributed by atoms with E-state index >= 15 is 0 Å². The summed E-state index contributed by atoms with van der Waals surface area (Å²) >= 11 is 0. The van der Waals surface area contributed by atoms with Crippen LogP contribution in [0.25, 0.3) is 0 Å². The summed E-state index contributed by atoms with van der Waals surface area (Å²) in [6, 6.07) is 16.2. The summed E-state index contributed by atoms with van der Waals surface area (Å²) in [6.07, 6.45) is 2.83. The van der Waals surface area contributed by atoms with E-state index in [2.05, 4.69) is 32.0 Å². The van der Waals surface area contributed by atoms with Crippen LogP contribution in [0, 0.1) is 6.92 Å².